The van der Waals surface area contributed by atoms with Gasteiger partial charge in [-0.25, -0.2) is 13.2 Å². The lowest BCUT2D eigenvalue weighted by Crippen LogP contribution is -2.54. The number of rotatable bonds is 4. The van der Waals surface area contributed by atoms with Crippen molar-refractivity contribution >= 4 is 33.6 Å². The second-order valence-electron chi connectivity index (χ2n) is 5.40. The van der Waals surface area contributed by atoms with E-state index in [0.29, 0.717) is 18.1 Å². The van der Waals surface area contributed by atoms with Crippen molar-refractivity contribution in [1.82, 2.24) is 10.2 Å². The van der Waals surface area contributed by atoms with Crippen molar-refractivity contribution in [3.63, 3.8) is 0 Å². The predicted molar refractivity (Wildman–Crippen MR) is 77.5 cm³/mol. The molecule has 116 valence electrons. The Balaban J connectivity index is 2.72. The summed E-state index contributed by atoms with van der Waals surface area (Å²) < 4.78 is 23.4. The van der Waals surface area contributed by atoms with E-state index >= 15 is 0 Å². The first-order valence-corrected chi connectivity index (χ1v) is 9.21. The molecule has 0 bridgehead atoms. The van der Waals surface area contributed by atoms with Crippen LogP contribution in [0, 0.1) is 5.41 Å². The molecule has 1 rings (SSSR count). The van der Waals surface area contributed by atoms with Crippen molar-refractivity contribution in [2.24, 2.45) is 5.41 Å². The van der Waals surface area contributed by atoms with Crippen molar-refractivity contribution in [3.8, 4) is 0 Å². The second-order valence-corrected chi connectivity index (χ2v) is 8.75. The number of aliphatic carboxylic acids is 1. The maximum absolute atomic E-state index is 12.1. The SMILES string of the molecule is CC(C)(CNC(=O)N1CCSCC1S(C)(=O)=O)C(=O)O. The molecule has 1 saturated heterocycles. The lowest BCUT2D eigenvalue weighted by molar-refractivity contribution is -0.146. The molecular formula is C11H20N2O5S2. The molecule has 0 saturated carbocycles. The lowest BCUT2D eigenvalue weighted by atomic mass is 9.94. The fourth-order valence-corrected chi connectivity index (χ4v) is 4.46. The summed E-state index contributed by atoms with van der Waals surface area (Å²) in [4.78, 5) is 24.3. The van der Waals surface area contributed by atoms with E-state index in [4.69, 9.17) is 5.11 Å². The van der Waals surface area contributed by atoms with Crippen molar-refractivity contribution in [2.45, 2.75) is 19.2 Å². The summed E-state index contributed by atoms with van der Waals surface area (Å²) in [7, 11) is -3.36. The van der Waals surface area contributed by atoms with Crippen LogP contribution >= 0.6 is 11.8 Å². The minimum atomic E-state index is -3.36. The molecular weight excluding hydrogens is 304 g/mol. The molecule has 1 aliphatic rings. The van der Waals surface area contributed by atoms with Gasteiger partial charge >= 0.3 is 12.0 Å². The first-order valence-electron chi connectivity index (χ1n) is 6.10. The van der Waals surface area contributed by atoms with E-state index in [1.807, 2.05) is 0 Å². The Morgan fingerprint density at radius 3 is 2.55 bits per heavy atom. The number of nitrogens with one attached hydrogen (secondary N) is 1. The highest BCUT2D eigenvalue weighted by Crippen LogP contribution is 2.21. The summed E-state index contributed by atoms with van der Waals surface area (Å²) in [6.07, 6.45) is 1.10. The fraction of sp³-hybridized carbons (Fsp3) is 0.818. The van der Waals surface area contributed by atoms with Gasteiger partial charge in [-0.2, -0.15) is 11.8 Å². The number of hydrogen-bond donors (Lipinski definition) is 2. The summed E-state index contributed by atoms with van der Waals surface area (Å²) in [6.45, 7) is 3.27. The molecule has 0 aliphatic carbocycles. The van der Waals surface area contributed by atoms with E-state index in [9.17, 15) is 18.0 Å². The van der Waals surface area contributed by atoms with Crippen LogP contribution in [-0.4, -0.2) is 66.6 Å². The first kappa shape index (κ1) is 17.1. The van der Waals surface area contributed by atoms with Gasteiger partial charge in [0.1, 0.15) is 5.37 Å². The maximum atomic E-state index is 12.1. The van der Waals surface area contributed by atoms with Gasteiger partial charge < -0.3 is 15.3 Å². The number of sulfone groups is 1. The summed E-state index contributed by atoms with van der Waals surface area (Å²) in [5, 5.41) is 10.6. The predicted octanol–water partition coefficient (Wildman–Crippen LogP) is 0.226. The highest BCUT2D eigenvalue weighted by atomic mass is 32.2. The van der Waals surface area contributed by atoms with Crippen molar-refractivity contribution in [2.75, 3.05) is 30.9 Å². The van der Waals surface area contributed by atoms with Gasteiger partial charge in [-0.3, -0.25) is 4.79 Å². The molecule has 0 aromatic rings. The minimum absolute atomic E-state index is 0.0543. The highest BCUT2D eigenvalue weighted by molar-refractivity contribution is 8.00. The number of thioether (sulfide) groups is 1. The summed E-state index contributed by atoms with van der Waals surface area (Å²) >= 11 is 1.48. The van der Waals surface area contributed by atoms with Gasteiger partial charge in [0.15, 0.2) is 9.84 Å². The van der Waals surface area contributed by atoms with Crippen molar-refractivity contribution in [3.05, 3.63) is 0 Å². The number of amides is 2. The average Bonchev–Trinajstić information content (AvgIpc) is 2.35. The number of urea groups is 1. The first-order chi connectivity index (χ1) is 9.05. The van der Waals surface area contributed by atoms with Crippen LogP contribution in [-0.2, 0) is 14.6 Å². The molecule has 2 amide bonds. The second kappa shape index (κ2) is 6.21. The maximum Gasteiger partial charge on any atom is 0.318 e. The Hall–Kier alpha value is -0.960. The molecule has 1 unspecified atom stereocenters. The van der Waals surface area contributed by atoms with Crippen LogP contribution in [0.1, 0.15) is 13.8 Å². The molecule has 1 atom stereocenters. The molecule has 9 heteroatoms. The van der Waals surface area contributed by atoms with Crippen LogP contribution in [0.2, 0.25) is 0 Å². The van der Waals surface area contributed by atoms with Crippen LogP contribution in [0.5, 0.6) is 0 Å². The Labute approximate surface area is 123 Å². The zero-order valence-electron chi connectivity index (χ0n) is 11.7. The average molecular weight is 324 g/mol. The molecule has 0 radical (unpaired) electrons. The fourth-order valence-electron chi connectivity index (χ4n) is 1.64. The number of hydrogen-bond acceptors (Lipinski definition) is 5. The number of carbonyl (C=O) groups excluding carboxylic acids is 1. The van der Waals surface area contributed by atoms with E-state index in [2.05, 4.69) is 5.32 Å². The van der Waals surface area contributed by atoms with Gasteiger partial charge in [0.05, 0.1) is 5.41 Å². The Kier molecular flexibility index (Phi) is 5.31. The van der Waals surface area contributed by atoms with E-state index < -0.39 is 32.6 Å². The highest BCUT2D eigenvalue weighted by Gasteiger charge is 2.35. The van der Waals surface area contributed by atoms with Gasteiger partial charge in [0, 0.05) is 30.9 Å². The normalized spacial score (nSPS) is 20.6. The third-order valence-corrected chi connectivity index (χ3v) is 5.74. The van der Waals surface area contributed by atoms with Crippen molar-refractivity contribution in [1.29, 1.82) is 0 Å². The molecule has 0 aromatic carbocycles. The zero-order valence-corrected chi connectivity index (χ0v) is 13.4. The molecule has 2 N–H and O–H groups in total. The van der Waals surface area contributed by atoms with Gasteiger partial charge in [-0.1, -0.05) is 0 Å². The van der Waals surface area contributed by atoms with Crippen molar-refractivity contribution < 1.29 is 23.1 Å². The molecule has 0 aromatic heterocycles. The van der Waals surface area contributed by atoms with Crippen LogP contribution in [0.15, 0.2) is 0 Å². The van der Waals surface area contributed by atoms with Gasteiger partial charge in [0.2, 0.25) is 0 Å². The quantitative estimate of drug-likeness (QED) is 0.767. The number of carbonyl (C=O) groups is 2. The van der Waals surface area contributed by atoms with E-state index in [0.717, 1.165) is 6.26 Å². The van der Waals surface area contributed by atoms with Crippen LogP contribution in [0.3, 0.4) is 0 Å². The summed E-state index contributed by atoms with van der Waals surface area (Å²) in [6, 6.07) is -0.532. The minimum Gasteiger partial charge on any atom is -0.481 e. The number of carboxylic acid groups (broad SMARTS) is 1. The molecule has 1 aliphatic heterocycles. The number of carboxylic acids is 1. The van der Waals surface area contributed by atoms with Crippen LogP contribution < -0.4 is 5.32 Å². The van der Waals surface area contributed by atoms with Gasteiger partial charge in [0.25, 0.3) is 0 Å². The van der Waals surface area contributed by atoms with Gasteiger partial charge in [-0.05, 0) is 13.8 Å². The Morgan fingerprint density at radius 2 is 2.05 bits per heavy atom. The smallest absolute Gasteiger partial charge is 0.318 e. The largest absolute Gasteiger partial charge is 0.481 e. The van der Waals surface area contributed by atoms with E-state index in [1.54, 1.807) is 0 Å². The number of nitrogens with zero attached hydrogens (tertiary/aromatic N) is 1. The monoisotopic (exact) mass is 324 g/mol. The standard InChI is InChI=1S/C11H20N2O5S2/c1-11(2,9(14)15)7-12-10(16)13-4-5-19-6-8(13)20(3,17)18/h8H,4-7H2,1-3H3,(H,12,16)(H,14,15). The van der Waals surface area contributed by atoms with E-state index in [1.165, 1.54) is 30.5 Å². The molecule has 7 nitrogen and oxygen atoms in total. The van der Waals surface area contributed by atoms with Crippen LogP contribution in [0.25, 0.3) is 0 Å². The Morgan fingerprint density at radius 1 is 1.45 bits per heavy atom. The third-order valence-electron chi connectivity index (χ3n) is 3.10. The van der Waals surface area contributed by atoms with Crippen LogP contribution in [0.4, 0.5) is 4.79 Å². The topological polar surface area (TPSA) is 104 Å². The molecule has 0 spiro atoms. The molecule has 1 heterocycles. The third kappa shape index (κ3) is 4.27. The summed E-state index contributed by atoms with van der Waals surface area (Å²) in [5.41, 5.74) is -1.10. The molecule has 20 heavy (non-hydrogen) atoms. The zero-order chi connectivity index (χ0) is 15.6. The van der Waals surface area contributed by atoms with E-state index in [-0.39, 0.29) is 6.54 Å². The summed E-state index contributed by atoms with van der Waals surface area (Å²) in [5.74, 6) is -0.0114. The molecule has 1 fully saturated rings. The lowest BCUT2D eigenvalue weighted by Gasteiger charge is -2.34. The Bertz CT molecular complexity index is 489. The van der Waals surface area contributed by atoms with Gasteiger partial charge in [-0.15, -0.1) is 0 Å².